The van der Waals surface area contributed by atoms with Crippen LogP contribution in [0.25, 0.3) is 6.08 Å². The molecule has 1 aromatic heterocycles. The maximum absolute atomic E-state index is 11.9. The Morgan fingerprint density at radius 1 is 1.63 bits per heavy atom. The van der Waals surface area contributed by atoms with Gasteiger partial charge in [0, 0.05) is 24.7 Å². The summed E-state index contributed by atoms with van der Waals surface area (Å²) in [5.41, 5.74) is 0.236. The lowest BCUT2D eigenvalue weighted by Crippen LogP contribution is -2.54. The molecule has 0 aromatic carbocycles. The average Bonchev–Trinajstić information content (AvgIpc) is 2.83. The normalized spacial score (nSPS) is 18.6. The van der Waals surface area contributed by atoms with Gasteiger partial charge in [-0.1, -0.05) is 0 Å². The fourth-order valence-corrected chi connectivity index (χ4v) is 2.59. The van der Waals surface area contributed by atoms with Crippen molar-refractivity contribution in [1.82, 2.24) is 10.3 Å². The van der Waals surface area contributed by atoms with Gasteiger partial charge in [-0.15, -0.1) is 11.3 Å². The van der Waals surface area contributed by atoms with Crippen LogP contribution >= 0.6 is 11.3 Å². The molecule has 5 nitrogen and oxygen atoms in total. The van der Waals surface area contributed by atoms with E-state index in [0.717, 1.165) is 10.7 Å². The third-order valence-corrected chi connectivity index (χ3v) is 3.97. The number of carbonyl (C=O) groups is 1. The number of hydrogen-bond acceptors (Lipinski definition) is 5. The number of amides is 1. The Kier molecular flexibility index (Phi) is 4.68. The third kappa shape index (κ3) is 3.86. The Hall–Kier alpha value is -1.24. The zero-order chi connectivity index (χ0) is 13.7. The highest BCUT2D eigenvalue weighted by atomic mass is 32.1. The minimum Gasteiger partial charge on any atom is -0.394 e. The van der Waals surface area contributed by atoms with Crippen molar-refractivity contribution in [2.75, 3.05) is 19.8 Å². The van der Waals surface area contributed by atoms with Gasteiger partial charge in [-0.25, -0.2) is 4.98 Å². The summed E-state index contributed by atoms with van der Waals surface area (Å²) in [5.74, 6) is -0.207. The number of nitrogens with zero attached hydrogens (tertiary/aromatic N) is 1. The highest BCUT2D eigenvalue weighted by Crippen LogP contribution is 2.20. The maximum atomic E-state index is 11.9. The Bertz CT molecular complexity index is 464. The van der Waals surface area contributed by atoms with Gasteiger partial charge in [0.15, 0.2) is 0 Å². The van der Waals surface area contributed by atoms with Gasteiger partial charge < -0.3 is 15.2 Å². The Morgan fingerprint density at radius 2 is 2.37 bits per heavy atom. The smallest absolute Gasteiger partial charge is 0.244 e. The van der Waals surface area contributed by atoms with Crippen LogP contribution in [0.4, 0.5) is 0 Å². The molecule has 0 unspecified atom stereocenters. The molecule has 1 amide bonds. The molecule has 1 aliphatic heterocycles. The van der Waals surface area contributed by atoms with Gasteiger partial charge in [-0.3, -0.25) is 4.79 Å². The van der Waals surface area contributed by atoms with Crippen molar-refractivity contribution in [2.45, 2.75) is 25.3 Å². The van der Waals surface area contributed by atoms with E-state index >= 15 is 0 Å². The standard InChI is InChI=1S/C13H18N2O3S/c1-10-14-11(8-19-10)2-3-12(17)15-13(9-16)4-6-18-7-5-13/h2-3,8,16H,4-7,9H2,1H3,(H,15,17)/b3-2+. The largest absolute Gasteiger partial charge is 0.394 e. The molecule has 1 fully saturated rings. The number of aliphatic hydroxyl groups excluding tert-OH is 1. The number of carbonyl (C=O) groups excluding carboxylic acids is 1. The first kappa shape index (κ1) is 14.2. The van der Waals surface area contributed by atoms with Crippen LogP contribution in [-0.2, 0) is 9.53 Å². The van der Waals surface area contributed by atoms with Gasteiger partial charge in [-0.2, -0.15) is 0 Å². The molecule has 0 spiro atoms. The van der Waals surface area contributed by atoms with Crippen molar-refractivity contribution in [3.63, 3.8) is 0 Å². The van der Waals surface area contributed by atoms with Crippen molar-refractivity contribution in [2.24, 2.45) is 0 Å². The van der Waals surface area contributed by atoms with E-state index in [1.54, 1.807) is 17.4 Å². The van der Waals surface area contributed by atoms with E-state index in [9.17, 15) is 9.90 Å². The minimum absolute atomic E-state index is 0.0637. The molecule has 2 N–H and O–H groups in total. The number of rotatable bonds is 4. The van der Waals surface area contributed by atoms with Crippen LogP contribution in [0.3, 0.4) is 0 Å². The lowest BCUT2D eigenvalue weighted by atomic mass is 9.91. The number of thiazole rings is 1. The predicted molar refractivity (Wildman–Crippen MR) is 73.9 cm³/mol. The fourth-order valence-electron chi connectivity index (χ4n) is 2.01. The van der Waals surface area contributed by atoms with Crippen LogP contribution in [0.15, 0.2) is 11.5 Å². The molecule has 19 heavy (non-hydrogen) atoms. The first-order chi connectivity index (χ1) is 9.13. The number of aryl methyl sites for hydroxylation is 1. The van der Waals surface area contributed by atoms with Crippen molar-refractivity contribution in [3.8, 4) is 0 Å². The number of aliphatic hydroxyl groups is 1. The molecular formula is C13H18N2O3S. The second-order valence-corrected chi connectivity index (χ2v) is 5.73. The molecule has 1 aromatic rings. The first-order valence-electron chi connectivity index (χ1n) is 6.24. The van der Waals surface area contributed by atoms with E-state index in [2.05, 4.69) is 10.3 Å². The molecule has 0 aliphatic carbocycles. The molecule has 6 heteroatoms. The number of hydrogen-bond donors (Lipinski definition) is 2. The van der Waals surface area contributed by atoms with Crippen LogP contribution < -0.4 is 5.32 Å². The summed E-state index contributed by atoms with van der Waals surface area (Å²) in [7, 11) is 0. The van der Waals surface area contributed by atoms with Crippen molar-refractivity contribution >= 4 is 23.3 Å². The van der Waals surface area contributed by atoms with Gasteiger partial charge in [0.25, 0.3) is 0 Å². The van der Waals surface area contributed by atoms with Crippen molar-refractivity contribution in [1.29, 1.82) is 0 Å². The van der Waals surface area contributed by atoms with E-state index < -0.39 is 5.54 Å². The topological polar surface area (TPSA) is 71.5 Å². The summed E-state index contributed by atoms with van der Waals surface area (Å²) >= 11 is 1.54. The SMILES string of the molecule is Cc1nc(/C=C/C(=O)NC2(CO)CCOCC2)cs1. The molecule has 2 rings (SSSR count). The van der Waals surface area contributed by atoms with Gasteiger partial charge in [0.1, 0.15) is 0 Å². The third-order valence-electron chi connectivity index (χ3n) is 3.18. The fraction of sp³-hybridized carbons (Fsp3) is 0.538. The highest BCUT2D eigenvalue weighted by Gasteiger charge is 2.32. The molecule has 1 saturated heterocycles. The molecule has 1 aliphatic rings. The molecule has 0 bridgehead atoms. The zero-order valence-electron chi connectivity index (χ0n) is 10.9. The van der Waals surface area contributed by atoms with E-state index in [-0.39, 0.29) is 12.5 Å². The molecule has 104 valence electrons. The summed E-state index contributed by atoms with van der Waals surface area (Å²) in [4.78, 5) is 16.1. The van der Waals surface area contributed by atoms with Crippen LogP contribution in [0, 0.1) is 6.92 Å². The second-order valence-electron chi connectivity index (χ2n) is 4.66. The van der Waals surface area contributed by atoms with Crippen molar-refractivity contribution in [3.05, 3.63) is 22.2 Å². The highest BCUT2D eigenvalue weighted by molar-refractivity contribution is 7.09. The van der Waals surface area contributed by atoms with Crippen LogP contribution in [0.2, 0.25) is 0 Å². The summed E-state index contributed by atoms with van der Waals surface area (Å²) < 4.78 is 5.25. The Labute approximate surface area is 116 Å². The average molecular weight is 282 g/mol. The molecule has 0 atom stereocenters. The molecule has 0 saturated carbocycles. The van der Waals surface area contributed by atoms with E-state index in [4.69, 9.17) is 4.74 Å². The van der Waals surface area contributed by atoms with Crippen LogP contribution in [-0.4, -0.2) is 41.4 Å². The van der Waals surface area contributed by atoms with Gasteiger partial charge in [0.2, 0.25) is 5.91 Å². The Balaban J connectivity index is 1.94. The number of aromatic nitrogens is 1. The summed E-state index contributed by atoms with van der Waals surface area (Å²) in [6, 6.07) is 0. The molecule has 2 heterocycles. The van der Waals surface area contributed by atoms with Gasteiger partial charge in [-0.05, 0) is 25.8 Å². The minimum atomic E-state index is -0.544. The summed E-state index contributed by atoms with van der Waals surface area (Å²) in [6.45, 7) is 2.99. The summed E-state index contributed by atoms with van der Waals surface area (Å²) in [5, 5.41) is 15.2. The quantitative estimate of drug-likeness (QED) is 0.812. The van der Waals surface area contributed by atoms with E-state index in [0.29, 0.717) is 26.1 Å². The summed E-state index contributed by atoms with van der Waals surface area (Å²) in [6.07, 6.45) is 4.42. The Morgan fingerprint density at radius 3 is 2.95 bits per heavy atom. The lowest BCUT2D eigenvalue weighted by molar-refractivity contribution is -0.120. The first-order valence-corrected chi connectivity index (χ1v) is 7.12. The number of nitrogens with one attached hydrogen (secondary N) is 1. The monoisotopic (exact) mass is 282 g/mol. The van der Waals surface area contributed by atoms with Crippen molar-refractivity contribution < 1.29 is 14.6 Å². The van der Waals surface area contributed by atoms with E-state index in [1.165, 1.54) is 6.08 Å². The number of ether oxygens (including phenoxy) is 1. The van der Waals surface area contributed by atoms with Crippen LogP contribution in [0.5, 0.6) is 0 Å². The van der Waals surface area contributed by atoms with E-state index in [1.807, 2.05) is 12.3 Å². The van der Waals surface area contributed by atoms with Gasteiger partial charge in [0.05, 0.1) is 22.8 Å². The van der Waals surface area contributed by atoms with Crippen LogP contribution in [0.1, 0.15) is 23.5 Å². The lowest BCUT2D eigenvalue weighted by Gasteiger charge is -2.35. The molecular weight excluding hydrogens is 264 g/mol. The zero-order valence-corrected chi connectivity index (χ0v) is 11.7. The second kappa shape index (κ2) is 6.27. The predicted octanol–water partition coefficient (Wildman–Crippen LogP) is 1.12. The van der Waals surface area contributed by atoms with Gasteiger partial charge >= 0.3 is 0 Å². The maximum Gasteiger partial charge on any atom is 0.244 e. The molecule has 0 radical (unpaired) electrons.